The Morgan fingerprint density at radius 3 is 2.64 bits per heavy atom. The van der Waals surface area contributed by atoms with Gasteiger partial charge in [-0.15, -0.1) is 0 Å². The molecule has 2 heterocycles. The quantitative estimate of drug-likeness (QED) is 0.577. The van der Waals surface area contributed by atoms with E-state index >= 15 is 0 Å². The number of nitrogens with zero attached hydrogens (tertiary/aromatic N) is 2. The molecular formula is C27H40N4O2. The third-order valence-electron chi connectivity index (χ3n) is 7.18. The van der Waals surface area contributed by atoms with Crippen LogP contribution in [0.15, 0.2) is 48.5 Å². The number of hydrogen-bond acceptors (Lipinski definition) is 6. The van der Waals surface area contributed by atoms with Crippen molar-refractivity contribution >= 4 is 0 Å². The Morgan fingerprint density at radius 2 is 1.85 bits per heavy atom. The number of ether oxygens (including phenoxy) is 2. The minimum atomic E-state index is 0.335. The van der Waals surface area contributed by atoms with Gasteiger partial charge in [-0.3, -0.25) is 5.43 Å². The summed E-state index contributed by atoms with van der Waals surface area (Å²) in [6.07, 6.45) is 3.68. The van der Waals surface area contributed by atoms with Crippen LogP contribution in [0.4, 0.5) is 0 Å². The van der Waals surface area contributed by atoms with Gasteiger partial charge < -0.3 is 19.3 Å². The van der Waals surface area contributed by atoms with E-state index in [4.69, 9.17) is 9.47 Å². The normalized spacial score (nSPS) is 23.7. The summed E-state index contributed by atoms with van der Waals surface area (Å²) in [5.74, 6) is 3.21. The number of nitrogens with one attached hydrogen (secondary N) is 2. The van der Waals surface area contributed by atoms with Gasteiger partial charge in [0.15, 0.2) is 0 Å². The predicted octanol–water partition coefficient (Wildman–Crippen LogP) is 3.36. The van der Waals surface area contributed by atoms with E-state index in [-0.39, 0.29) is 0 Å². The molecule has 6 heteroatoms. The van der Waals surface area contributed by atoms with E-state index < -0.39 is 0 Å². The smallest absolute Gasteiger partial charge is 0.122 e. The lowest BCUT2D eigenvalue weighted by Crippen LogP contribution is -2.42. The van der Waals surface area contributed by atoms with Crippen molar-refractivity contribution in [3.63, 3.8) is 0 Å². The first-order valence-electron chi connectivity index (χ1n) is 12.3. The number of hydrogen-bond donors (Lipinski definition) is 2. The molecule has 2 aromatic carbocycles. The molecule has 0 amide bonds. The molecule has 3 atom stereocenters. The molecule has 0 saturated carbocycles. The van der Waals surface area contributed by atoms with E-state index in [1.165, 1.54) is 37.1 Å². The van der Waals surface area contributed by atoms with Gasteiger partial charge in [0.2, 0.25) is 0 Å². The van der Waals surface area contributed by atoms with Gasteiger partial charge in [0.05, 0.1) is 20.3 Å². The van der Waals surface area contributed by atoms with Crippen LogP contribution in [0.2, 0.25) is 0 Å². The molecule has 4 rings (SSSR count). The molecule has 2 aliphatic heterocycles. The van der Waals surface area contributed by atoms with Crippen molar-refractivity contribution in [2.45, 2.75) is 25.3 Å². The maximum atomic E-state index is 5.53. The molecule has 0 bridgehead atoms. The van der Waals surface area contributed by atoms with Crippen LogP contribution in [0.1, 0.15) is 30.0 Å². The molecule has 0 radical (unpaired) electrons. The number of rotatable bonds is 10. The summed E-state index contributed by atoms with van der Waals surface area (Å²) < 4.78 is 10.8. The maximum Gasteiger partial charge on any atom is 0.122 e. The molecule has 2 fully saturated rings. The first-order valence-corrected chi connectivity index (χ1v) is 12.3. The first-order chi connectivity index (χ1) is 16.2. The second-order valence-corrected chi connectivity index (χ2v) is 9.63. The van der Waals surface area contributed by atoms with Crippen molar-refractivity contribution in [3.05, 3.63) is 59.7 Å². The van der Waals surface area contributed by atoms with Crippen molar-refractivity contribution in [1.29, 1.82) is 0 Å². The molecule has 33 heavy (non-hydrogen) atoms. The van der Waals surface area contributed by atoms with Crippen molar-refractivity contribution in [3.8, 4) is 11.5 Å². The van der Waals surface area contributed by atoms with Crippen molar-refractivity contribution < 1.29 is 9.47 Å². The lowest BCUT2D eigenvalue weighted by atomic mass is 9.93. The molecule has 3 unspecified atom stereocenters. The fraction of sp³-hybridized carbons (Fsp3) is 0.556. The highest BCUT2D eigenvalue weighted by molar-refractivity contribution is 5.33. The predicted molar refractivity (Wildman–Crippen MR) is 134 cm³/mol. The Morgan fingerprint density at radius 1 is 1.03 bits per heavy atom. The molecule has 6 nitrogen and oxygen atoms in total. The van der Waals surface area contributed by atoms with Crippen molar-refractivity contribution in [2.24, 2.45) is 11.8 Å². The number of para-hydroxylation sites is 1. The largest absolute Gasteiger partial charge is 0.497 e. The lowest BCUT2D eigenvalue weighted by Gasteiger charge is -2.35. The molecule has 2 saturated heterocycles. The highest BCUT2D eigenvalue weighted by Crippen LogP contribution is 2.28. The van der Waals surface area contributed by atoms with Gasteiger partial charge in [0.25, 0.3) is 0 Å². The topological polar surface area (TPSA) is 49.0 Å². The summed E-state index contributed by atoms with van der Waals surface area (Å²) in [7, 11) is 5.77. The third kappa shape index (κ3) is 6.48. The van der Waals surface area contributed by atoms with Gasteiger partial charge in [-0.25, -0.2) is 5.43 Å². The van der Waals surface area contributed by atoms with Crippen LogP contribution in [-0.4, -0.2) is 70.3 Å². The van der Waals surface area contributed by atoms with Crippen LogP contribution in [0.25, 0.3) is 0 Å². The Labute approximate surface area is 199 Å². The third-order valence-corrected chi connectivity index (χ3v) is 7.18. The average Bonchev–Trinajstić information content (AvgIpc) is 3.31. The zero-order chi connectivity index (χ0) is 23.0. The minimum Gasteiger partial charge on any atom is -0.497 e. The fourth-order valence-electron chi connectivity index (χ4n) is 5.48. The number of methoxy groups -OCH3 is 2. The molecule has 0 spiro atoms. The zero-order valence-corrected chi connectivity index (χ0v) is 20.4. The standard InChI is InChI=1S/C27H40N4O2/c1-30(20-24-17-28-29-27(24)23-10-12-25(32-2)13-11-23)18-21-7-6-15-31(19-21)16-14-22-8-4-5-9-26(22)33-3/h4-5,8-13,21,24,27-29H,6-7,14-20H2,1-3H3. The highest BCUT2D eigenvalue weighted by Gasteiger charge is 2.30. The SMILES string of the molecule is COc1ccc(C2NNCC2CN(C)CC2CCCN(CCc3ccccc3OC)C2)cc1. The van der Waals surface area contributed by atoms with Gasteiger partial charge in [-0.2, -0.15) is 0 Å². The zero-order valence-electron chi connectivity index (χ0n) is 20.4. The second kappa shape index (κ2) is 11.8. The Balaban J connectivity index is 1.25. The van der Waals surface area contributed by atoms with E-state index in [0.717, 1.165) is 50.0 Å². The van der Waals surface area contributed by atoms with Crippen LogP contribution in [0.5, 0.6) is 11.5 Å². The van der Waals surface area contributed by atoms with Crippen LogP contribution in [-0.2, 0) is 6.42 Å². The molecule has 2 N–H and O–H groups in total. The van der Waals surface area contributed by atoms with Crippen LogP contribution < -0.4 is 20.3 Å². The van der Waals surface area contributed by atoms with Gasteiger partial charge in [-0.05, 0) is 68.1 Å². The van der Waals surface area contributed by atoms with E-state index in [0.29, 0.717) is 12.0 Å². The summed E-state index contributed by atoms with van der Waals surface area (Å²) in [5, 5.41) is 0. The van der Waals surface area contributed by atoms with Crippen LogP contribution in [0.3, 0.4) is 0 Å². The van der Waals surface area contributed by atoms with Gasteiger partial charge in [0.1, 0.15) is 11.5 Å². The van der Waals surface area contributed by atoms with Crippen molar-refractivity contribution in [1.82, 2.24) is 20.7 Å². The molecule has 180 valence electrons. The summed E-state index contributed by atoms with van der Waals surface area (Å²) in [6.45, 7) is 6.77. The first kappa shape index (κ1) is 24.0. The number of piperidine rings is 1. The monoisotopic (exact) mass is 452 g/mol. The maximum absolute atomic E-state index is 5.53. The Bertz CT molecular complexity index is 859. The average molecular weight is 453 g/mol. The lowest BCUT2D eigenvalue weighted by molar-refractivity contribution is 0.137. The Kier molecular flexibility index (Phi) is 8.62. The van der Waals surface area contributed by atoms with E-state index in [2.05, 4.69) is 70.2 Å². The molecule has 2 aromatic rings. The minimum absolute atomic E-state index is 0.335. The molecule has 0 aliphatic carbocycles. The fourth-order valence-corrected chi connectivity index (χ4v) is 5.48. The number of likely N-dealkylation sites (tertiary alicyclic amines) is 1. The Hall–Kier alpha value is -2.12. The molecule has 2 aliphatic rings. The second-order valence-electron chi connectivity index (χ2n) is 9.63. The molecule has 0 aromatic heterocycles. The highest BCUT2D eigenvalue weighted by atomic mass is 16.5. The van der Waals surface area contributed by atoms with Crippen molar-refractivity contribution in [2.75, 3.05) is 60.5 Å². The molecular weight excluding hydrogens is 412 g/mol. The summed E-state index contributed by atoms with van der Waals surface area (Å²) in [4.78, 5) is 5.19. The van der Waals surface area contributed by atoms with Gasteiger partial charge >= 0.3 is 0 Å². The van der Waals surface area contributed by atoms with Crippen LogP contribution >= 0.6 is 0 Å². The van der Waals surface area contributed by atoms with E-state index in [1.54, 1.807) is 14.2 Å². The number of benzene rings is 2. The van der Waals surface area contributed by atoms with Gasteiger partial charge in [-0.1, -0.05) is 30.3 Å². The summed E-state index contributed by atoms with van der Waals surface area (Å²) in [6, 6.07) is 17.2. The van der Waals surface area contributed by atoms with E-state index in [1.807, 2.05) is 6.07 Å². The van der Waals surface area contributed by atoms with E-state index in [9.17, 15) is 0 Å². The summed E-state index contributed by atoms with van der Waals surface area (Å²) >= 11 is 0. The number of hydrazine groups is 1. The summed E-state index contributed by atoms with van der Waals surface area (Å²) in [5.41, 5.74) is 9.49. The van der Waals surface area contributed by atoms with Crippen LogP contribution in [0, 0.1) is 11.8 Å². The van der Waals surface area contributed by atoms with Gasteiger partial charge in [0, 0.05) is 38.6 Å².